The minimum Gasteiger partial charge on any atom is -0.450 e. The first kappa shape index (κ1) is 14.8. The van der Waals surface area contributed by atoms with E-state index in [4.69, 9.17) is 4.74 Å². The third-order valence-corrected chi connectivity index (χ3v) is 3.22. The van der Waals surface area contributed by atoms with Crippen molar-refractivity contribution in [2.75, 3.05) is 26.2 Å². The lowest BCUT2D eigenvalue weighted by atomic mass is 9.96. The number of carbonyl (C=O) groups is 2. The largest absolute Gasteiger partial charge is 0.450 e. The van der Waals surface area contributed by atoms with Gasteiger partial charge in [0.25, 0.3) is 0 Å². The first-order valence-electron chi connectivity index (χ1n) is 6.88. The summed E-state index contributed by atoms with van der Waals surface area (Å²) in [4.78, 5) is 25.0. The summed E-state index contributed by atoms with van der Waals surface area (Å²) in [5.74, 6) is 0.180. The SMILES string of the molecule is CCCCNC(=O)C1CCN(C(=O)OCC)CC1. The van der Waals surface area contributed by atoms with Gasteiger partial charge in [-0.2, -0.15) is 0 Å². The Hall–Kier alpha value is -1.26. The van der Waals surface area contributed by atoms with Crippen molar-refractivity contribution in [1.29, 1.82) is 0 Å². The van der Waals surface area contributed by atoms with Crippen molar-refractivity contribution in [2.45, 2.75) is 39.5 Å². The number of nitrogens with one attached hydrogen (secondary N) is 1. The van der Waals surface area contributed by atoms with E-state index in [0.717, 1.165) is 32.2 Å². The molecule has 1 N–H and O–H groups in total. The van der Waals surface area contributed by atoms with Crippen LogP contribution in [0.4, 0.5) is 4.79 Å². The molecule has 0 saturated carbocycles. The number of hydrogen-bond acceptors (Lipinski definition) is 3. The summed E-state index contributed by atoms with van der Waals surface area (Å²) < 4.78 is 4.94. The molecule has 0 atom stereocenters. The maximum atomic E-state index is 11.8. The van der Waals surface area contributed by atoms with Crippen LogP contribution >= 0.6 is 0 Å². The van der Waals surface area contributed by atoms with Crippen LogP contribution in [0.2, 0.25) is 0 Å². The molecule has 1 saturated heterocycles. The minimum absolute atomic E-state index is 0.0486. The van der Waals surface area contributed by atoms with Gasteiger partial charge < -0.3 is 15.0 Å². The summed E-state index contributed by atoms with van der Waals surface area (Å²) in [6.45, 7) is 6.29. The molecule has 0 spiro atoms. The van der Waals surface area contributed by atoms with Crippen molar-refractivity contribution >= 4 is 12.0 Å². The molecule has 0 aliphatic carbocycles. The van der Waals surface area contributed by atoms with Gasteiger partial charge in [0.1, 0.15) is 0 Å². The maximum absolute atomic E-state index is 11.8. The molecule has 1 rings (SSSR count). The van der Waals surface area contributed by atoms with Gasteiger partial charge in [-0.15, -0.1) is 0 Å². The van der Waals surface area contributed by atoms with E-state index in [0.29, 0.717) is 19.7 Å². The molecule has 0 radical (unpaired) electrons. The number of hydrogen-bond donors (Lipinski definition) is 1. The van der Waals surface area contributed by atoms with E-state index in [-0.39, 0.29) is 17.9 Å². The second-order valence-corrected chi connectivity index (χ2v) is 4.60. The highest BCUT2D eigenvalue weighted by Gasteiger charge is 2.27. The van der Waals surface area contributed by atoms with Gasteiger partial charge in [0, 0.05) is 25.6 Å². The Balaban J connectivity index is 2.26. The molecule has 5 heteroatoms. The van der Waals surface area contributed by atoms with Gasteiger partial charge in [0.15, 0.2) is 0 Å². The monoisotopic (exact) mass is 256 g/mol. The first-order chi connectivity index (χ1) is 8.69. The van der Waals surface area contributed by atoms with E-state index in [1.807, 2.05) is 0 Å². The fraction of sp³-hybridized carbons (Fsp3) is 0.846. The molecule has 1 aliphatic rings. The molecule has 104 valence electrons. The fourth-order valence-electron chi connectivity index (χ4n) is 2.07. The smallest absolute Gasteiger partial charge is 0.409 e. The van der Waals surface area contributed by atoms with Crippen LogP contribution in [-0.4, -0.2) is 43.1 Å². The Morgan fingerprint density at radius 3 is 2.50 bits per heavy atom. The number of unbranched alkanes of at least 4 members (excludes halogenated alkanes) is 1. The Labute approximate surface area is 109 Å². The number of ether oxygens (including phenoxy) is 1. The van der Waals surface area contributed by atoms with E-state index in [1.165, 1.54) is 0 Å². The Kier molecular flexibility index (Phi) is 6.54. The Morgan fingerprint density at radius 1 is 1.28 bits per heavy atom. The van der Waals surface area contributed by atoms with Crippen molar-refractivity contribution in [3.05, 3.63) is 0 Å². The molecule has 18 heavy (non-hydrogen) atoms. The van der Waals surface area contributed by atoms with Gasteiger partial charge in [-0.05, 0) is 26.2 Å². The second-order valence-electron chi connectivity index (χ2n) is 4.60. The average molecular weight is 256 g/mol. The summed E-state index contributed by atoms with van der Waals surface area (Å²) >= 11 is 0. The van der Waals surface area contributed by atoms with E-state index in [1.54, 1.807) is 11.8 Å². The third-order valence-electron chi connectivity index (χ3n) is 3.22. The summed E-state index contributed by atoms with van der Waals surface area (Å²) in [6, 6.07) is 0. The molecule has 0 aromatic heterocycles. The van der Waals surface area contributed by atoms with Crippen LogP contribution in [0.5, 0.6) is 0 Å². The molecule has 1 fully saturated rings. The molecule has 2 amide bonds. The number of rotatable bonds is 5. The summed E-state index contributed by atoms with van der Waals surface area (Å²) in [7, 11) is 0. The fourth-order valence-corrected chi connectivity index (χ4v) is 2.07. The summed E-state index contributed by atoms with van der Waals surface area (Å²) in [5.41, 5.74) is 0. The topological polar surface area (TPSA) is 58.6 Å². The van der Waals surface area contributed by atoms with Gasteiger partial charge in [0.05, 0.1) is 6.61 Å². The lowest BCUT2D eigenvalue weighted by molar-refractivity contribution is -0.126. The van der Waals surface area contributed by atoms with Crippen LogP contribution in [0.1, 0.15) is 39.5 Å². The lowest BCUT2D eigenvalue weighted by Crippen LogP contribution is -2.43. The third kappa shape index (κ3) is 4.55. The highest BCUT2D eigenvalue weighted by atomic mass is 16.6. The van der Waals surface area contributed by atoms with Crippen molar-refractivity contribution in [3.8, 4) is 0 Å². The number of piperidine rings is 1. The maximum Gasteiger partial charge on any atom is 0.409 e. The van der Waals surface area contributed by atoms with Gasteiger partial charge in [-0.3, -0.25) is 4.79 Å². The van der Waals surface area contributed by atoms with Gasteiger partial charge in [-0.1, -0.05) is 13.3 Å². The number of nitrogens with zero attached hydrogens (tertiary/aromatic N) is 1. The molecule has 1 aliphatic heterocycles. The van der Waals surface area contributed by atoms with E-state index in [9.17, 15) is 9.59 Å². The highest BCUT2D eigenvalue weighted by Crippen LogP contribution is 2.17. The quantitative estimate of drug-likeness (QED) is 0.763. The van der Waals surface area contributed by atoms with Crippen molar-refractivity contribution in [2.24, 2.45) is 5.92 Å². The zero-order valence-corrected chi connectivity index (χ0v) is 11.4. The minimum atomic E-state index is -0.262. The zero-order chi connectivity index (χ0) is 13.4. The molecular formula is C13H24N2O3. The molecule has 0 bridgehead atoms. The van der Waals surface area contributed by atoms with Gasteiger partial charge >= 0.3 is 6.09 Å². The number of carbonyl (C=O) groups excluding carboxylic acids is 2. The van der Waals surface area contributed by atoms with Crippen molar-refractivity contribution in [3.63, 3.8) is 0 Å². The van der Waals surface area contributed by atoms with Crippen LogP contribution < -0.4 is 5.32 Å². The number of amides is 2. The second kappa shape index (κ2) is 7.95. The van der Waals surface area contributed by atoms with Crippen LogP contribution in [0.25, 0.3) is 0 Å². The Bertz CT molecular complexity index is 273. The molecule has 0 unspecified atom stereocenters. The summed E-state index contributed by atoms with van der Waals surface area (Å²) in [6.07, 6.45) is 3.31. The number of likely N-dealkylation sites (tertiary alicyclic amines) is 1. The molecule has 5 nitrogen and oxygen atoms in total. The van der Waals surface area contributed by atoms with E-state index in [2.05, 4.69) is 12.2 Å². The highest BCUT2D eigenvalue weighted by molar-refractivity contribution is 5.79. The molecular weight excluding hydrogens is 232 g/mol. The molecule has 0 aromatic carbocycles. The van der Waals surface area contributed by atoms with Gasteiger partial charge in [-0.25, -0.2) is 4.79 Å². The van der Waals surface area contributed by atoms with Crippen LogP contribution in [0, 0.1) is 5.92 Å². The predicted molar refractivity (Wildman–Crippen MR) is 69.2 cm³/mol. The lowest BCUT2D eigenvalue weighted by Gasteiger charge is -2.30. The normalized spacial score (nSPS) is 16.4. The van der Waals surface area contributed by atoms with Gasteiger partial charge in [0.2, 0.25) is 5.91 Å². The van der Waals surface area contributed by atoms with E-state index < -0.39 is 0 Å². The van der Waals surface area contributed by atoms with Crippen molar-refractivity contribution in [1.82, 2.24) is 10.2 Å². The standard InChI is InChI=1S/C13H24N2O3/c1-3-5-8-14-12(16)11-6-9-15(10-7-11)13(17)18-4-2/h11H,3-10H2,1-2H3,(H,14,16). The summed E-state index contributed by atoms with van der Waals surface area (Å²) in [5, 5.41) is 2.95. The van der Waals surface area contributed by atoms with Crippen molar-refractivity contribution < 1.29 is 14.3 Å². The van der Waals surface area contributed by atoms with E-state index >= 15 is 0 Å². The van der Waals surface area contributed by atoms with Crippen LogP contribution in [0.3, 0.4) is 0 Å². The first-order valence-corrected chi connectivity index (χ1v) is 6.88. The molecule has 1 heterocycles. The van der Waals surface area contributed by atoms with Crippen LogP contribution in [-0.2, 0) is 9.53 Å². The Morgan fingerprint density at radius 2 is 1.94 bits per heavy atom. The zero-order valence-electron chi connectivity index (χ0n) is 11.4. The molecule has 0 aromatic rings. The predicted octanol–water partition coefficient (Wildman–Crippen LogP) is 1.77. The average Bonchev–Trinajstić information content (AvgIpc) is 2.39. The van der Waals surface area contributed by atoms with Crippen LogP contribution in [0.15, 0.2) is 0 Å².